The van der Waals surface area contributed by atoms with Crippen LogP contribution in [0.5, 0.6) is 0 Å². The second-order valence-electron chi connectivity index (χ2n) is 8.09. The Morgan fingerprint density at radius 3 is 2.81 bits per heavy atom. The van der Waals surface area contributed by atoms with Gasteiger partial charge in [-0.25, -0.2) is 0 Å². The van der Waals surface area contributed by atoms with Crippen LogP contribution in [0.1, 0.15) is 43.6 Å². The Morgan fingerprint density at radius 2 is 2.12 bits per heavy atom. The molecule has 0 saturated carbocycles. The van der Waals surface area contributed by atoms with E-state index in [4.69, 9.17) is 4.74 Å². The van der Waals surface area contributed by atoms with Crippen LogP contribution >= 0.6 is 0 Å². The Morgan fingerprint density at radius 1 is 1.35 bits per heavy atom. The number of carbonyl (C=O) groups is 1. The predicted octanol–water partition coefficient (Wildman–Crippen LogP) is 2.18. The van der Waals surface area contributed by atoms with E-state index in [-0.39, 0.29) is 17.9 Å². The minimum Gasteiger partial charge on any atom is -0.396 e. The maximum atomic E-state index is 12.7. The topological polar surface area (TPSA) is 65.9 Å². The van der Waals surface area contributed by atoms with Crippen LogP contribution in [0.2, 0.25) is 0 Å². The van der Waals surface area contributed by atoms with Crippen LogP contribution in [0.25, 0.3) is 0 Å². The van der Waals surface area contributed by atoms with Gasteiger partial charge in [-0.3, -0.25) is 9.78 Å². The standard InChI is InChI=1S/C20H31N3O3/c1-16(2)13-20(15-24)5-3-7-23(14-20)17-4-6-21-18(12-17)19(25)22-8-10-26-11-9-22/h4,6,12,16,24H,3,5,7-11,13-15H2,1-2H3. The Kier molecular flexibility index (Phi) is 6.14. The van der Waals surface area contributed by atoms with Gasteiger partial charge in [0.25, 0.3) is 5.91 Å². The monoisotopic (exact) mass is 361 g/mol. The van der Waals surface area contributed by atoms with Crippen molar-refractivity contribution in [2.75, 3.05) is 50.9 Å². The largest absolute Gasteiger partial charge is 0.396 e. The van der Waals surface area contributed by atoms with Crippen molar-refractivity contribution in [3.05, 3.63) is 24.0 Å². The zero-order chi connectivity index (χ0) is 18.6. The Hall–Kier alpha value is -1.66. The molecule has 3 rings (SSSR count). The summed E-state index contributed by atoms with van der Waals surface area (Å²) >= 11 is 0. The number of morpholine rings is 1. The third-order valence-electron chi connectivity index (χ3n) is 5.46. The van der Waals surface area contributed by atoms with Crippen molar-refractivity contribution >= 4 is 11.6 Å². The fourth-order valence-electron chi connectivity index (χ4n) is 4.32. The summed E-state index contributed by atoms with van der Waals surface area (Å²) < 4.78 is 5.33. The van der Waals surface area contributed by atoms with E-state index in [9.17, 15) is 9.90 Å². The van der Waals surface area contributed by atoms with Crippen molar-refractivity contribution in [1.29, 1.82) is 0 Å². The molecule has 6 nitrogen and oxygen atoms in total. The highest BCUT2D eigenvalue weighted by molar-refractivity contribution is 5.93. The smallest absolute Gasteiger partial charge is 0.272 e. The van der Waals surface area contributed by atoms with Crippen LogP contribution in [0.15, 0.2) is 18.3 Å². The molecule has 0 bridgehead atoms. The molecule has 0 spiro atoms. The molecule has 26 heavy (non-hydrogen) atoms. The SMILES string of the molecule is CC(C)CC1(CO)CCCN(c2ccnc(C(=O)N3CCOCC3)c2)C1. The van der Waals surface area contributed by atoms with Gasteiger partial charge in [-0.2, -0.15) is 0 Å². The number of nitrogens with zero attached hydrogens (tertiary/aromatic N) is 3. The lowest BCUT2D eigenvalue weighted by atomic mass is 9.74. The second-order valence-corrected chi connectivity index (χ2v) is 8.09. The predicted molar refractivity (Wildman–Crippen MR) is 101 cm³/mol. The van der Waals surface area contributed by atoms with E-state index >= 15 is 0 Å². The molecule has 144 valence electrons. The first-order valence-electron chi connectivity index (χ1n) is 9.72. The van der Waals surface area contributed by atoms with E-state index in [1.165, 1.54) is 0 Å². The highest BCUT2D eigenvalue weighted by atomic mass is 16.5. The molecule has 1 aromatic rings. The number of pyridine rings is 1. The summed E-state index contributed by atoms with van der Waals surface area (Å²) in [4.78, 5) is 21.1. The van der Waals surface area contributed by atoms with Gasteiger partial charge in [-0.1, -0.05) is 13.8 Å². The molecule has 6 heteroatoms. The third-order valence-corrected chi connectivity index (χ3v) is 5.46. The maximum Gasteiger partial charge on any atom is 0.272 e. The van der Waals surface area contributed by atoms with Gasteiger partial charge in [0.05, 0.1) is 19.8 Å². The molecule has 2 aliphatic rings. The maximum absolute atomic E-state index is 12.7. The van der Waals surface area contributed by atoms with Gasteiger partial charge < -0.3 is 19.6 Å². The van der Waals surface area contributed by atoms with Gasteiger partial charge in [0.15, 0.2) is 0 Å². The number of hydrogen-bond acceptors (Lipinski definition) is 5. The summed E-state index contributed by atoms with van der Waals surface area (Å²) in [6.45, 7) is 8.84. The molecular weight excluding hydrogens is 330 g/mol. The first-order valence-corrected chi connectivity index (χ1v) is 9.72. The van der Waals surface area contributed by atoms with Gasteiger partial charge in [0.2, 0.25) is 0 Å². The van der Waals surface area contributed by atoms with Gasteiger partial charge in [0, 0.05) is 43.5 Å². The van der Waals surface area contributed by atoms with Crippen molar-refractivity contribution in [1.82, 2.24) is 9.88 Å². The molecule has 1 N–H and O–H groups in total. The Bertz CT molecular complexity index is 616. The fourth-order valence-corrected chi connectivity index (χ4v) is 4.32. The molecule has 1 aromatic heterocycles. The number of piperidine rings is 1. The number of anilines is 1. The van der Waals surface area contributed by atoms with E-state index in [1.807, 2.05) is 17.0 Å². The Balaban J connectivity index is 1.75. The minimum absolute atomic E-state index is 0.0252. The molecule has 2 saturated heterocycles. The van der Waals surface area contributed by atoms with E-state index in [2.05, 4.69) is 23.7 Å². The quantitative estimate of drug-likeness (QED) is 0.871. The summed E-state index contributed by atoms with van der Waals surface area (Å²) in [6.07, 6.45) is 4.86. The third kappa shape index (κ3) is 4.35. The van der Waals surface area contributed by atoms with E-state index in [0.29, 0.717) is 37.9 Å². The molecule has 0 radical (unpaired) electrons. The lowest BCUT2D eigenvalue weighted by molar-refractivity contribution is 0.0299. The fraction of sp³-hybridized carbons (Fsp3) is 0.700. The summed E-state index contributed by atoms with van der Waals surface area (Å²) in [5.74, 6) is 0.528. The van der Waals surface area contributed by atoms with Gasteiger partial charge in [0.1, 0.15) is 5.69 Å². The number of rotatable bonds is 5. The summed E-state index contributed by atoms with van der Waals surface area (Å²) in [5.41, 5.74) is 1.47. The van der Waals surface area contributed by atoms with E-state index < -0.39 is 0 Å². The zero-order valence-corrected chi connectivity index (χ0v) is 16.0. The highest BCUT2D eigenvalue weighted by Crippen LogP contribution is 2.37. The molecule has 0 aromatic carbocycles. The van der Waals surface area contributed by atoms with Crippen LogP contribution in [0.4, 0.5) is 5.69 Å². The lowest BCUT2D eigenvalue weighted by Crippen LogP contribution is -2.46. The number of aliphatic hydroxyl groups is 1. The van der Waals surface area contributed by atoms with Crippen molar-refractivity contribution in [2.45, 2.75) is 33.1 Å². The normalized spacial score (nSPS) is 24.2. The average Bonchev–Trinajstić information content (AvgIpc) is 2.68. The number of carbonyl (C=O) groups excluding carboxylic acids is 1. The van der Waals surface area contributed by atoms with Crippen molar-refractivity contribution in [2.24, 2.45) is 11.3 Å². The lowest BCUT2D eigenvalue weighted by Gasteiger charge is -2.44. The first-order chi connectivity index (χ1) is 12.5. The van der Waals surface area contributed by atoms with Crippen molar-refractivity contribution < 1.29 is 14.6 Å². The second kappa shape index (κ2) is 8.35. The van der Waals surface area contributed by atoms with Crippen LogP contribution in [-0.4, -0.2) is 66.9 Å². The van der Waals surface area contributed by atoms with Crippen LogP contribution < -0.4 is 4.90 Å². The molecule has 1 unspecified atom stereocenters. The number of amides is 1. The van der Waals surface area contributed by atoms with Crippen LogP contribution in [0.3, 0.4) is 0 Å². The number of aliphatic hydroxyl groups excluding tert-OH is 1. The molecule has 3 heterocycles. The highest BCUT2D eigenvalue weighted by Gasteiger charge is 2.35. The molecule has 2 aliphatic heterocycles. The summed E-state index contributed by atoms with van der Waals surface area (Å²) in [5, 5.41) is 10.1. The average molecular weight is 361 g/mol. The van der Waals surface area contributed by atoms with E-state index in [1.54, 1.807) is 6.20 Å². The molecule has 2 fully saturated rings. The minimum atomic E-state index is -0.0515. The zero-order valence-electron chi connectivity index (χ0n) is 16.0. The van der Waals surface area contributed by atoms with E-state index in [0.717, 1.165) is 38.0 Å². The molecule has 1 amide bonds. The van der Waals surface area contributed by atoms with Gasteiger partial charge in [-0.05, 0) is 37.3 Å². The van der Waals surface area contributed by atoms with Crippen LogP contribution in [0, 0.1) is 11.3 Å². The number of hydrogen-bond donors (Lipinski definition) is 1. The number of aromatic nitrogens is 1. The van der Waals surface area contributed by atoms with Crippen molar-refractivity contribution in [3.8, 4) is 0 Å². The van der Waals surface area contributed by atoms with Crippen LogP contribution in [-0.2, 0) is 4.74 Å². The Labute approximate surface area is 156 Å². The number of ether oxygens (including phenoxy) is 1. The summed E-state index contributed by atoms with van der Waals surface area (Å²) in [7, 11) is 0. The molecule has 0 aliphatic carbocycles. The summed E-state index contributed by atoms with van der Waals surface area (Å²) in [6, 6.07) is 3.87. The van der Waals surface area contributed by atoms with Gasteiger partial charge in [-0.15, -0.1) is 0 Å². The van der Waals surface area contributed by atoms with Gasteiger partial charge >= 0.3 is 0 Å². The molecular formula is C20H31N3O3. The van der Waals surface area contributed by atoms with Crippen molar-refractivity contribution in [3.63, 3.8) is 0 Å². The molecule has 1 atom stereocenters. The first kappa shape index (κ1) is 19.1.